The number of alkyl halides is 1. The highest BCUT2D eigenvalue weighted by Crippen LogP contribution is 2.27. The van der Waals surface area contributed by atoms with Crippen molar-refractivity contribution in [3.8, 4) is 0 Å². The van der Waals surface area contributed by atoms with Crippen LogP contribution in [0.25, 0.3) is 11.0 Å². The summed E-state index contributed by atoms with van der Waals surface area (Å²) in [4.78, 5) is 21.3. The molecule has 29 heavy (non-hydrogen) atoms. The van der Waals surface area contributed by atoms with Crippen LogP contribution in [0.15, 0.2) is 37.2 Å². The van der Waals surface area contributed by atoms with Crippen LogP contribution >= 0.6 is 0 Å². The molecule has 0 aromatic carbocycles. The molecule has 4 heterocycles. The van der Waals surface area contributed by atoms with Crippen molar-refractivity contribution in [3.63, 3.8) is 0 Å². The molecule has 9 nitrogen and oxygen atoms in total. The Kier molecular flexibility index (Phi) is 5.02. The summed E-state index contributed by atoms with van der Waals surface area (Å²) in [5.41, 5.74) is 0.575. The molecule has 0 bridgehead atoms. The van der Waals surface area contributed by atoms with E-state index in [9.17, 15) is 8.78 Å². The summed E-state index contributed by atoms with van der Waals surface area (Å²) in [6.07, 6.45) is 7.45. The fourth-order valence-electron chi connectivity index (χ4n) is 2.90. The monoisotopic (exact) mass is 399 g/mol. The van der Waals surface area contributed by atoms with Crippen LogP contribution in [0.4, 0.5) is 26.4 Å². The summed E-state index contributed by atoms with van der Waals surface area (Å²) >= 11 is 0. The molecule has 0 amide bonds. The van der Waals surface area contributed by atoms with Crippen molar-refractivity contribution in [1.82, 2.24) is 34.1 Å². The van der Waals surface area contributed by atoms with E-state index < -0.39 is 12.5 Å². The van der Waals surface area contributed by atoms with E-state index in [0.29, 0.717) is 29.1 Å². The topological polar surface area (TPSA) is 98.4 Å². The number of imidazole rings is 1. The Morgan fingerprint density at radius 2 is 1.97 bits per heavy atom. The Bertz CT molecular complexity index is 1120. The van der Waals surface area contributed by atoms with Gasteiger partial charge < -0.3 is 19.8 Å². The second kappa shape index (κ2) is 7.78. The average molecular weight is 399 g/mol. The largest absolute Gasteiger partial charge is 0.344 e. The van der Waals surface area contributed by atoms with Crippen molar-refractivity contribution < 1.29 is 8.78 Å². The Morgan fingerprint density at radius 3 is 2.66 bits per heavy atom. The lowest BCUT2D eigenvalue weighted by atomic mass is 10.3. The molecule has 1 atom stereocenters. The second-order valence-electron chi connectivity index (χ2n) is 6.51. The minimum Gasteiger partial charge on any atom is -0.344 e. The van der Waals surface area contributed by atoms with E-state index in [1.54, 1.807) is 17.1 Å². The number of nitrogens with zero attached hydrogens (tertiary/aromatic N) is 7. The third kappa shape index (κ3) is 3.98. The lowest BCUT2D eigenvalue weighted by Crippen LogP contribution is -2.14. The summed E-state index contributed by atoms with van der Waals surface area (Å²) in [7, 11) is 1.86. The maximum Gasteiger partial charge on any atom is 0.227 e. The van der Waals surface area contributed by atoms with Crippen LogP contribution in [-0.2, 0) is 13.6 Å². The van der Waals surface area contributed by atoms with E-state index in [4.69, 9.17) is 0 Å². The molecule has 11 heteroatoms. The third-order valence-corrected chi connectivity index (χ3v) is 4.27. The van der Waals surface area contributed by atoms with Crippen molar-refractivity contribution in [2.75, 3.05) is 17.3 Å². The summed E-state index contributed by atoms with van der Waals surface area (Å²) in [5, 5.41) is 7.03. The number of hydrogen-bond donors (Lipinski definition) is 2. The molecule has 0 radical (unpaired) electrons. The van der Waals surface area contributed by atoms with E-state index in [1.165, 1.54) is 0 Å². The minimum atomic E-state index is -0.515. The van der Waals surface area contributed by atoms with Gasteiger partial charge in [0.05, 0.1) is 36.7 Å². The molecule has 150 valence electrons. The summed E-state index contributed by atoms with van der Waals surface area (Å²) in [6, 6.07) is 1.45. The highest BCUT2D eigenvalue weighted by atomic mass is 19.1. The molecule has 0 aliphatic heterocycles. The van der Waals surface area contributed by atoms with E-state index in [-0.39, 0.29) is 12.6 Å². The van der Waals surface area contributed by atoms with Gasteiger partial charge in [-0.25, -0.2) is 23.7 Å². The van der Waals surface area contributed by atoms with Gasteiger partial charge in [0, 0.05) is 19.4 Å². The minimum absolute atomic E-state index is 0.180. The maximum atomic E-state index is 13.1. The first-order valence-corrected chi connectivity index (χ1v) is 8.95. The number of aryl methyl sites for hydroxylation is 2. The summed E-state index contributed by atoms with van der Waals surface area (Å²) in [6.45, 7) is 1.48. The highest BCUT2D eigenvalue weighted by molar-refractivity contribution is 5.90. The predicted molar refractivity (Wildman–Crippen MR) is 104 cm³/mol. The zero-order valence-corrected chi connectivity index (χ0v) is 15.8. The standard InChI is InChI=1S/C18H19F2N9/c1-11(15-21-7-12(20)8-22-15)24-18-26-16(25-14-9-28(2)10-23-14)13-3-5-29(6-4-19)17(13)27-18/h3,5,7-11H,4,6H2,1-2H3,(H2,24,25,26,27)/t11-/m1/s1. The van der Waals surface area contributed by atoms with Gasteiger partial charge in [-0.05, 0) is 13.0 Å². The van der Waals surface area contributed by atoms with Crippen LogP contribution in [0.2, 0.25) is 0 Å². The van der Waals surface area contributed by atoms with Crippen molar-refractivity contribution in [3.05, 3.63) is 48.8 Å². The molecule has 0 saturated heterocycles. The van der Waals surface area contributed by atoms with Gasteiger partial charge >= 0.3 is 0 Å². The third-order valence-electron chi connectivity index (χ3n) is 4.27. The Labute approximate surface area is 164 Å². The molecule has 0 unspecified atom stereocenters. The van der Waals surface area contributed by atoms with Gasteiger partial charge in [-0.1, -0.05) is 0 Å². The van der Waals surface area contributed by atoms with Crippen molar-refractivity contribution in [1.29, 1.82) is 0 Å². The predicted octanol–water partition coefficient (Wildman–Crippen LogP) is 2.98. The van der Waals surface area contributed by atoms with Gasteiger partial charge in [-0.15, -0.1) is 0 Å². The number of nitrogens with one attached hydrogen (secondary N) is 2. The fourth-order valence-corrected chi connectivity index (χ4v) is 2.90. The van der Waals surface area contributed by atoms with Crippen molar-refractivity contribution in [2.24, 2.45) is 7.05 Å². The molecule has 0 aliphatic rings. The SMILES string of the molecule is C[C@@H](Nc1nc(Nc2cn(C)cn2)c2ccn(CCF)c2n1)c1ncc(F)cn1. The summed E-state index contributed by atoms with van der Waals surface area (Å²) < 4.78 is 29.5. The van der Waals surface area contributed by atoms with Gasteiger partial charge in [-0.2, -0.15) is 9.97 Å². The fraction of sp³-hybridized carbons (Fsp3) is 0.278. The quantitative estimate of drug-likeness (QED) is 0.493. The van der Waals surface area contributed by atoms with Crippen LogP contribution in [0.5, 0.6) is 0 Å². The molecule has 0 aliphatic carbocycles. The molecular weight excluding hydrogens is 380 g/mol. The number of fused-ring (bicyclic) bond motifs is 1. The molecule has 4 aromatic heterocycles. The Morgan fingerprint density at radius 1 is 1.17 bits per heavy atom. The highest BCUT2D eigenvalue weighted by Gasteiger charge is 2.16. The van der Waals surface area contributed by atoms with E-state index in [0.717, 1.165) is 17.8 Å². The lowest BCUT2D eigenvalue weighted by molar-refractivity contribution is 0.450. The molecule has 0 saturated carbocycles. The molecular formula is C18H19F2N9. The number of anilines is 3. The second-order valence-corrected chi connectivity index (χ2v) is 6.51. The molecule has 0 spiro atoms. The lowest BCUT2D eigenvalue weighted by Gasteiger charge is -2.14. The smallest absolute Gasteiger partial charge is 0.227 e. The van der Waals surface area contributed by atoms with Crippen LogP contribution in [0.1, 0.15) is 18.8 Å². The number of halogens is 2. The maximum absolute atomic E-state index is 13.1. The van der Waals surface area contributed by atoms with Gasteiger partial charge in [0.1, 0.15) is 29.8 Å². The van der Waals surface area contributed by atoms with E-state index in [1.807, 2.05) is 30.8 Å². The molecule has 0 fully saturated rings. The van der Waals surface area contributed by atoms with E-state index in [2.05, 4.69) is 35.6 Å². The number of hydrogen-bond acceptors (Lipinski definition) is 7. The van der Waals surface area contributed by atoms with Gasteiger partial charge in [0.2, 0.25) is 5.95 Å². The Balaban J connectivity index is 1.70. The van der Waals surface area contributed by atoms with Crippen LogP contribution in [-0.4, -0.2) is 40.7 Å². The van der Waals surface area contributed by atoms with Crippen LogP contribution < -0.4 is 10.6 Å². The van der Waals surface area contributed by atoms with E-state index >= 15 is 0 Å². The summed E-state index contributed by atoms with van der Waals surface area (Å²) in [5.74, 6) is 1.33. The normalized spacial score (nSPS) is 12.3. The van der Waals surface area contributed by atoms with Crippen molar-refractivity contribution >= 4 is 28.6 Å². The zero-order chi connectivity index (χ0) is 20.4. The first-order chi connectivity index (χ1) is 14.0. The molecule has 4 rings (SSSR count). The Hall–Kier alpha value is -3.63. The molecule has 2 N–H and O–H groups in total. The zero-order valence-electron chi connectivity index (χ0n) is 15.8. The first-order valence-electron chi connectivity index (χ1n) is 8.95. The van der Waals surface area contributed by atoms with Crippen LogP contribution in [0, 0.1) is 5.82 Å². The number of aromatic nitrogens is 7. The van der Waals surface area contributed by atoms with Gasteiger partial charge in [0.25, 0.3) is 0 Å². The van der Waals surface area contributed by atoms with Crippen molar-refractivity contribution in [2.45, 2.75) is 19.5 Å². The van der Waals surface area contributed by atoms with Gasteiger partial charge in [-0.3, -0.25) is 0 Å². The number of rotatable bonds is 7. The molecule has 4 aromatic rings. The van der Waals surface area contributed by atoms with Crippen LogP contribution in [0.3, 0.4) is 0 Å². The first kappa shape index (κ1) is 18.7. The average Bonchev–Trinajstić information content (AvgIpc) is 3.29. The van der Waals surface area contributed by atoms with Gasteiger partial charge in [0.15, 0.2) is 5.82 Å².